The summed E-state index contributed by atoms with van der Waals surface area (Å²) in [6, 6.07) is 5.30. The van der Waals surface area contributed by atoms with Gasteiger partial charge in [-0.25, -0.2) is 0 Å². The molecule has 1 unspecified atom stereocenters. The summed E-state index contributed by atoms with van der Waals surface area (Å²) >= 11 is 12.0. The van der Waals surface area contributed by atoms with Crippen molar-refractivity contribution in [3.63, 3.8) is 0 Å². The Hall–Kier alpha value is -0.990. The largest absolute Gasteiger partial charge is 0.310 e. The Kier molecular flexibility index (Phi) is 3.22. The average Bonchev–Trinajstić information content (AvgIpc) is 2.64. The first-order chi connectivity index (χ1) is 7.63. The van der Waals surface area contributed by atoms with E-state index in [0.29, 0.717) is 28.7 Å². The Morgan fingerprint density at radius 3 is 2.81 bits per heavy atom. The Balaban J connectivity index is 2.35. The van der Waals surface area contributed by atoms with E-state index in [-0.39, 0.29) is 11.8 Å². The van der Waals surface area contributed by atoms with E-state index in [4.69, 9.17) is 23.2 Å². The third-order valence-corrected chi connectivity index (χ3v) is 3.52. The molecule has 2 nitrogen and oxygen atoms in total. The summed E-state index contributed by atoms with van der Waals surface area (Å²) in [4.78, 5) is 13.5. The van der Waals surface area contributed by atoms with E-state index in [1.807, 2.05) is 0 Å². The van der Waals surface area contributed by atoms with E-state index in [1.165, 1.54) is 0 Å². The highest BCUT2D eigenvalue weighted by Gasteiger charge is 2.30. The number of benzene rings is 1. The molecule has 16 heavy (non-hydrogen) atoms. The van der Waals surface area contributed by atoms with Crippen molar-refractivity contribution >= 4 is 34.8 Å². The lowest BCUT2D eigenvalue weighted by Gasteiger charge is -2.18. The molecule has 0 aliphatic carbocycles. The highest BCUT2D eigenvalue weighted by Crippen LogP contribution is 2.35. The zero-order chi connectivity index (χ0) is 11.7. The highest BCUT2D eigenvalue weighted by molar-refractivity contribution is 6.44. The van der Waals surface area contributed by atoms with Crippen LogP contribution in [-0.2, 0) is 4.79 Å². The molecule has 1 aliphatic rings. The molecule has 84 valence electrons. The SMILES string of the molecule is C=CC1CC(=O)N(c2cccc(Cl)c2Cl)C1. The minimum Gasteiger partial charge on any atom is -0.310 e. The lowest BCUT2D eigenvalue weighted by Crippen LogP contribution is -2.24. The van der Waals surface area contributed by atoms with Crippen molar-refractivity contribution in [2.75, 3.05) is 11.4 Å². The second kappa shape index (κ2) is 4.48. The summed E-state index contributed by atoms with van der Waals surface area (Å²) in [7, 11) is 0. The molecule has 4 heteroatoms. The Labute approximate surface area is 104 Å². The van der Waals surface area contributed by atoms with Crippen molar-refractivity contribution in [3.05, 3.63) is 40.9 Å². The normalized spacial score (nSPS) is 20.2. The number of anilines is 1. The van der Waals surface area contributed by atoms with Crippen LogP contribution in [0.3, 0.4) is 0 Å². The van der Waals surface area contributed by atoms with E-state index in [2.05, 4.69) is 6.58 Å². The highest BCUT2D eigenvalue weighted by atomic mass is 35.5. The standard InChI is InChI=1S/C12H11Cl2NO/c1-2-8-6-11(16)15(7-8)10-5-3-4-9(13)12(10)14/h2-5,8H,1,6-7H2. The lowest BCUT2D eigenvalue weighted by atomic mass is 10.1. The van der Waals surface area contributed by atoms with E-state index >= 15 is 0 Å². The Bertz CT molecular complexity index is 445. The number of hydrogen-bond donors (Lipinski definition) is 0. The van der Waals surface area contributed by atoms with Crippen LogP contribution >= 0.6 is 23.2 Å². The van der Waals surface area contributed by atoms with Gasteiger partial charge >= 0.3 is 0 Å². The quantitative estimate of drug-likeness (QED) is 0.741. The zero-order valence-electron chi connectivity index (χ0n) is 8.62. The number of hydrogen-bond acceptors (Lipinski definition) is 1. The van der Waals surface area contributed by atoms with E-state index in [0.717, 1.165) is 0 Å². The van der Waals surface area contributed by atoms with Crippen LogP contribution < -0.4 is 4.90 Å². The number of nitrogens with zero attached hydrogens (tertiary/aromatic N) is 1. The van der Waals surface area contributed by atoms with Gasteiger partial charge in [-0.2, -0.15) is 0 Å². The molecule has 0 bridgehead atoms. The van der Waals surface area contributed by atoms with E-state index in [9.17, 15) is 4.79 Å². The van der Waals surface area contributed by atoms with Crippen molar-refractivity contribution < 1.29 is 4.79 Å². The van der Waals surface area contributed by atoms with Crippen molar-refractivity contribution in [3.8, 4) is 0 Å². The molecular formula is C12H11Cl2NO. The van der Waals surface area contributed by atoms with Crippen molar-refractivity contribution in [2.24, 2.45) is 5.92 Å². The zero-order valence-corrected chi connectivity index (χ0v) is 10.1. The molecule has 0 radical (unpaired) electrons. The fourth-order valence-electron chi connectivity index (χ4n) is 1.83. The van der Waals surface area contributed by atoms with E-state index in [1.54, 1.807) is 29.2 Å². The second-order valence-corrected chi connectivity index (χ2v) is 4.56. The molecule has 2 rings (SSSR count). The first-order valence-electron chi connectivity index (χ1n) is 5.00. The minimum atomic E-state index is 0.0640. The van der Waals surface area contributed by atoms with Crippen LogP contribution in [0.5, 0.6) is 0 Å². The van der Waals surface area contributed by atoms with Gasteiger partial charge in [-0.1, -0.05) is 35.3 Å². The third kappa shape index (κ3) is 1.95. The Morgan fingerprint density at radius 2 is 2.19 bits per heavy atom. The van der Waals surface area contributed by atoms with Crippen LogP contribution in [0.2, 0.25) is 10.0 Å². The van der Waals surface area contributed by atoms with Gasteiger partial charge in [0.25, 0.3) is 0 Å². The van der Waals surface area contributed by atoms with Crippen LogP contribution in [0.4, 0.5) is 5.69 Å². The monoisotopic (exact) mass is 255 g/mol. The van der Waals surface area contributed by atoms with Gasteiger partial charge in [-0.15, -0.1) is 6.58 Å². The summed E-state index contributed by atoms with van der Waals surface area (Å²) < 4.78 is 0. The fourth-order valence-corrected chi connectivity index (χ4v) is 2.22. The van der Waals surface area contributed by atoms with Gasteiger partial charge in [-0.3, -0.25) is 4.79 Å². The molecule has 1 aromatic carbocycles. The minimum absolute atomic E-state index is 0.0640. The van der Waals surface area contributed by atoms with Crippen LogP contribution in [0, 0.1) is 5.92 Å². The molecule has 1 fully saturated rings. The fraction of sp³-hybridized carbons (Fsp3) is 0.250. The molecule has 1 atom stereocenters. The van der Waals surface area contributed by atoms with Gasteiger partial charge in [0.15, 0.2) is 0 Å². The number of amides is 1. The van der Waals surface area contributed by atoms with Gasteiger partial charge in [0.05, 0.1) is 15.7 Å². The maximum absolute atomic E-state index is 11.8. The lowest BCUT2D eigenvalue weighted by molar-refractivity contribution is -0.117. The van der Waals surface area contributed by atoms with Gasteiger partial charge < -0.3 is 4.90 Å². The summed E-state index contributed by atoms with van der Waals surface area (Å²) in [5.74, 6) is 0.261. The van der Waals surface area contributed by atoms with Crippen molar-refractivity contribution in [2.45, 2.75) is 6.42 Å². The molecular weight excluding hydrogens is 245 g/mol. The molecule has 0 aromatic heterocycles. The number of carbonyl (C=O) groups is 1. The van der Waals surface area contributed by atoms with Crippen molar-refractivity contribution in [1.82, 2.24) is 0 Å². The van der Waals surface area contributed by atoms with Crippen LogP contribution in [0.15, 0.2) is 30.9 Å². The summed E-state index contributed by atoms with van der Waals surface area (Å²) in [5, 5.41) is 0.899. The maximum Gasteiger partial charge on any atom is 0.227 e. The van der Waals surface area contributed by atoms with Gasteiger partial charge in [0.1, 0.15) is 0 Å². The molecule has 1 aromatic rings. The number of halogens is 2. The van der Waals surface area contributed by atoms with Gasteiger partial charge in [0.2, 0.25) is 5.91 Å². The average molecular weight is 256 g/mol. The summed E-state index contributed by atoms with van der Waals surface area (Å²) in [6.45, 7) is 4.33. The predicted molar refractivity (Wildman–Crippen MR) is 67.1 cm³/mol. The van der Waals surface area contributed by atoms with Gasteiger partial charge in [0, 0.05) is 18.9 Å². The van der Waals surface area contributed by atoms with Crippen LogP contribution in [0.1, 0.15) is 6.42 Å². The summed E-state index contributed by atoms with van der Waals surface area (Å²) in [5.41, 5.74) is 0.684. The summed E-state index contributed by atoms with van der Waals surface area (Å²) in [6.07, 6.45) is 2.29. The smallest absolute Gasteiger partial charge is 0.227 e. The van der Waals surface area contributed by atoms with Gasteiger partial charge in [-0.05, 0) is 12.1 Å². The van der Waals surface area contributed by atoms with Crippen molar-refractivity contribution in [1.29, 1.82) is 0 Å². The molecule has 1 saturated heterocycles. The van der Waals surface area contributed by atoms with Crippen LogP contribution in [-0.4, -0.2) is 12.5 Å². The van der Waals surface area contributed by atoms with Crippen LogP contribution in [0.25, 0.3) is 0 Å². The third-order valence-electron chi connectivity index (χ3n) is 2.71. The van der Waals surface area contributed by atoms with E-state index < -0.39 is 0 Å². The molecule has 1 heterocycles. The Morgan fingerprint density at radius 1 is 1.44 bits per heavy atom. The first-order valence-corrected chi connectivity index (χ1v) is 5.76. The first kappa shape index (κ1) is 11.5. The molecule has 0 N–H and O–H groups in total. The molecule has 0 saturated carbocycles. The second-order valence-electron chi connectivity index (χ2n) is 3.78. The number of rotatable bonds is 2. The predicted octanol–water partition coefficient (Wildman–Crippen LogP) is 3.53. The molecule has 1 amide bonds. The topological polar surface area (TPSA) is 20.3 Å². The molecule has 0 spiro atoms. The maximum atomic E-state index is 11.8. The number of carbonyl (C=O) groups excluding carboxylic acids is 1. The molecule has 1 aliphatic heterocycles.